The Kier molecular flexibility index (Phi) is 2.87. The van der Waals surface area contributed by atoms with Gasteiger partial charge in [0.25, 0.3) is 0 Å². The van der Waals surface area contributed by atoms with E-state index in [0.29, 0.717) is 5.49 Å². The van der Waals surface area contributed by atoms with Crippen LogP contribution in [0.4, 0.5) is 0 Å². The smallest absolute Gasteiger partial charge is 0.154 e. The Morgan fingerprint density at radius 2 is 1.63 bits per heavy atom. The van der Waals surface area contributed by atoms with Crippen LogP contribution in [0.15, 0.2) is 60.1 Å². The molecule has 0 fully saturated rings. The van der Waals surface area contributed by atoms with Crippen molar-refractivity contribution >= 4 is 11.3 Å². The summed E-state index contributed by atoms with van der Waals surface area (Å²) >= 11 is 1.53. The molecule has 0 saturated carbocycles. The number of para-hydroxylation sites is 1. The second-order valence-corrected chi connectivity index (χ2v) is 5.39. The van der Waals surface area contributed by atoms with E-state index in [-0.39, 0.29) is 0 Å². The molecular formula is C17H16NS+. The molecule has 19 heavy (non-hydrogen) atoms. The number of aromatic nitrogens is 1. The van der Waals surface area contributed by atoms with Crippen molar-refractivity contribution in [3.63, 3.8) is 0 Å². The lowest BCUT2D eigenvalue weighted by atomic mass is 10.1. The molecule has 1 aromatic heterocycles. The highest BCUT2D eigenvalue weighted by Gasteiger charge is 2.19. The van der Waals surface area contributed by atoms with E-state index in [1.54, 1.807) is 0 Å². The van der Waals surface area contributed by atoms with Crippen LogP contribution in [-0.2, 0) is 0 Å². The van der Waals surface area contributed by atoms with Crippen molar-refractivity contribution in [1.29, 1.82) is 0 Å². The first kappa shape index (κ1) is 10.9. The second kappa shape index (κ2) is 4.98. The lowest BCUT2D eigenvalue weighted by Crippen LogP contribution is -2.31. The van der Waals surface area contributed by atoms with Gasteiger partial charge in [0.1, 0.15) is 4.88 Å². The van der Waals surface area contributed by atoms with E-state index in [1.165, 1.54) is 27.3 Å². The molecule has 0 unspecified atom stereocenters. The molecule has 0 amide bonds. The number of hydrogen-bond acceptors (Lipinski definition) is 1. The summed E-state index contributed by atoms with van der Waals surface area (Å²) in [6, 6.07) is 18.5. The number of nitrogens with zero attached hydrogens (tertiary/aromatic N) is 1. The quantitative estimate of drug-likeness (QED) is 0.609. The molecule has 3 aromatic rings. The molecule has 0 saturated heterocycles. The third-order valence-corrected chi connectivity index (χ3v) is 4.30. The molecule has 1 nitrogen and oxygen atoms in total. The topological polar surface area (TPSA) is 3.88 Å². The summed E-state index contributed by atoms with van der Waals surface area (Å²) < 4.78 is 10.3. The fraction of sp³-hybridized carbons (Fsp3) is 0.118. The Morgan fingerprint density at radius 1 is 0.947 bits per heavy atom. The van der Waals surface area contributed by atoms with Gasteiger partial charge in [-0.2, -0.15) is 4.57 Å². The lowest BCUT2D eigenvalue weighted by Gasteiger charge is -1.99. The highest BCUT2D eigenvalue weighted by Crippen LogP contribution is 2.27. The first-order valence-electron chi connectivity index (χ1n) is 6.82. The number of hydrogen-bond donors (Lipinski definition) is 0. The van der Waals surface area contributed by atoms with Gasteiger partial charge in [0.05, 0.1) is 0 Å². The van der Waals surface area contributed by atoms with Crippen molar-refractivity contribution in [2.45, 2.75) is 13.8 Å². The molecule has 0 spiro atoms. The zero-order valence-corrected chi connectivity index (χ0v) is 11.9. The van der Waals surface area contributed by atoms with E-state index in [2.05, 4.69) is 38.1 Å². The Labute approximate surface area is 119 Å². The van der Waals surface area contributed by atoms with Crippen molar-refractivity contribution in [2.24, 2.45) is 0 Å². The van der Waals surface area contributed by atoms with Gasteiger partial charge in [-0.15, -0.1) is 0 Å². The molecule has 0 aliphatic rings. The number of thiazole rings is 1. The van der Waals surface area contributed by atoms with Crippen molar-refractivity contribution in [3.05, 3.63) is 71.3 Å². The lowest BCUT2D eigenvalue weighted by molar-refractivity contribution is -0.597. The van der Waals surface area contributed by atoms with Crippen LogP contribution in [0, 0.1) is 13.8 Å². The SMILES string of the molecule is [2H]c1sc(-c2ccccc2)c(C)[n+]1-c1ccccc1C. The zero-order valence-electron chi connectivity index (χ0n) is 12.1. The van der Waals surface area contributed by atoms with Crippen LogP contribution in [0.5, 0.6) is 0 Å². The molecule has 3 rings (SSSR count). The maximum atomic E-state index is 8.30. The average molecular weight is 267 g/mol. The van der Waals surface area contributed by atoms with E-state index in [0.717, 1.165) is 11.4 Å². The summed E-state index contributed by atoms with van der Waals surface area (Å²) in [6.07, 6.45) is 0. The molecule has 2 aromatic carbocycles. The maximum absolute atomic E-state index is 8.30. The van der Waals surface area contributed by atoms with Crippen molar-refractivity contribution in [3.8, 4) is 16.1 Å². The minimum Gasteiger partial charge on any atom is -0.154 e. The Balaban J connectivity index is 2.20. The van der Waals surface area contributed by atoms with E-state index < -0.39 is 0 Å². The largest absolute Gasteiger partial charge is 0.231 e. The Bertz CT molecular complexity index is 747. The fourth-order valence-electron chi connectivity index (χ4n) is 2.24. The van der Waals surface area contributed by atoms with Crippen molar-refractivity contribution in [1.82, 2.24) is 0 Å². The van der Waals surface area contributed by atoms with Gasteiger partial charge in [0.2, 0.25) is 16.9 Å². The Hall–Kier alpha value is -1.93. The number of aryl methyl sites for hydroxylation is 1. The highest BCUT2D eigenvalue weighted by atomic mass is 32.1. The van der Waals surface area contributed by atoms with Crippen molar-refractivity contribution in [2.75, 3.05) is 0 Å². The van der Waals surface area contributed by atoms with Gasteiger partial charge in [-0.3, -0.25) is 0 Å². The van der Waals surface area contributed by atoms with E-state index >= 15 is 0 Å². The van der Waals surface area contributed by atoms with Gasteiger partial charge in [0, 0.05) is 18.6 Å². The van der Waals surface area contributed by atoms with Crippen LogP contribution >= 0.6 is 11.3 Å². The van der Waals surface area contributed by atoms with Gasteiger partial charge in [-0.25, -0.2) is 0 Å². The number of benzene rings is 2. The average Bonchev–Trinajstić information content (AvgIpc) is 2.76. The number of rotatable bonds is 2. The molecule has 0 bridgehead atoms. The normalized spacial score (nSPS) is 11.4. The molecule has 0 radical (unpaired) electrons. The van der Waals surface area contributed by atoms with Gasteiger partial charge >= 0.3 is 0 Å². The molecular weight excluding hydrogens is 250 g/mol. The predicted molar refractivity (Wildman–Crippen MR) is 80.8 cm³/mol. The van der Waals surface area contributed by atoms with Crippen molar-refractivity contribution < 1.29 is 5.94 Å². The van der Waals surface area contributed by atoms with Crippen LogP contribution < -0.4 is 4.57 Å². The summed E-state index contributed by atoms with van der Waals surface area (Å²) in [5.74, 6) is 0. The monoisotopic (exact) mass is 267 g/mol. The van der Waals surface area contributed by atoms with Crippen LogP contribution in [-0.4, -0.2) is 0 Å². The standard InChI is InChI=1S/C17H16NS/c1-13-8-6-7-11-16(13)18-12-19-17(14(18)2)15-9-4-3-5-10-15/h3-12H,1-2H3/q+1/i12D. The van der Waals surface area contributed by atoms with Crippen LogP contribution in [0.25, 0.3) is 16.1 Å². The zero-order chi connectivity index (χ0) is 14.1. The molecule has 0 aliphatic heterocycles. The maximum Gasteiger partial charge on any atom is 0.231 e. The van der Waals surface area contributed by atoms with Crippen LogP contribution in [0.3, 0.4) is 0 Å². The third-order valence-electron chi connectivity index (χ3n) is 3.30. The summed E-state index contributed by atoms with van der Waals surface area (Å²) in [4.78, 5) is 1.17. The highest BCUT2D eigenvalue weighted by molar-refractivity contribution is 7.13. The summed E-state index contributed by atoms with van der Waals surface area (Å²) in [5, 5.41) is 0. The molecule has 94 valence electrons. The van der Waals surface area contributed by atoms with E-state index in [1.807, 2.05) is 34.9 Å². The minimum atomic E-state index is 0.565. The van der Waals surface area contributed by atoms with E-state index in [4.69, 9.17) is 1.37 Å². The second-order valence-electron chi connectivity index (χ2n) is 4.60. The first-order valence-corrected chi connectivity index (χ1v) is 7.13. The summed E-state index contributed by atoms with van der Waals surface area (Å²) in [6.45, 7) is 4.17. The van der Waals surface area contributed by atoms with Gasteiger partial charge in [0.15, 0.2) is 1.37 Å². The van der Waals surface area contributed by atoms with E-state index in [9.17, 15) is 0 Å². The predicted octanol–water partition coefficient (Wildman–Crippen LogP) is 4.31. The fourth-order valence-corrected chi connectivity index (χ4v) is 3.15. The molecule has 0 N–H and O–H groups in total. The molecule has 0 atom stereocenters. The van der Waals surface area contributed by atoms with Crippen LogP contribution in [0.1, 0.15) is 12.6 Å². The molecule has 1 heterocycles. The summed E-state index contributed by atoms with van der Waals surface area (Å²) in [5.41, 5.74) is 5.15. The Morgan fingerprint density at radius 3 is 2.37 bits per heavy atom. The van der Waals surface area contributed by atoms with Gasteiger partial charge in [-0.05, 0) is 12.5 Å². The molecule has 2 heteroatoms. The van der Waals surface area contributed by atoms with Crippen LogP contribution in [0.2, 0.25) is 0 Å². The minimum absolute atomic E-state index is 0.565. The third kappa shape index (κ3) is 2.20. The van der Waals surface area contributed by atoms with Gasteiger partial charge < -0.3 is 0 Å². The van der Waals surface area contributed by atoms with Gasteiger partial charge in [-0.1, -0.05) is 59.9 Å². The molecule has 0 aliphatic carbocycles. The summed E-state index contributed by atoms with van der Waals surface area (Å²) in [7, 11) is 0. The first-order chi connectivity index (χ1) is 9.68.